The summed E-state index contributed by atoms with van der Waals surface area (Å²) in [5.41, 5.74) is 18.0. The van der Waals surface area contributed by atoms with Crippen LogP contribution in [0.3, 0.4) is 0 Å². The Bertz CT molecular complexity index is 2140. The highest BCUT2D eigenvalue weighted by Gasteiger charge is 2.04. The van der Waals surface area contributed by atoms with Crippen LogP contribution in [0.5, 0.6) is 34.5 Å². The Morgan fingerprint density at radius 3 is 1.11 bits per heavy atom. The Kier molecular flexibility index (Phi) is 11.2. The maximum absolute atomic E-state index is 6.01. The molecule has 7 aromatic rings. The first-order chi connectivity index (χ1) is 26.5. The molecule has 0 atom stereocenters. The van der Waals surface area contributed by atoms with Crippen LogP contribution in [0.15, 0.2) is 174 Å². The van der Waals surface area contributed by atoms with Gasteiger partial charge in [-0.3, -0.25) is 15.0 Å². The molecular weight excluding hydrogens is 675 g/mol. The van der Waals surface area contributed by atoms with Crippen molar-refractivity contribution in [1.82, 2.24) is 4.98 Å². The molecule has 1 heterocycles. The number of hydrogen-bond donors (Lipinski definition) is 2. The van der Waals surface area contributed by atoms with Crippen molar-refractivity contribution in [2.24, 2.45) is 9.98 Å². The maximum atomic E-state index is 6.01. The highest BCUT2D eigenvalue weighted by Crippen LogP contribution is 2.26. The standard InChI is InChI=1S/C45H37N5O4/c46-34-8-20-42(21-9-34)53-44-24-12-36(13-25-44)48-28-32-4-16-40(17-5-32)51-30-38-2-1-3-39(50-38)31-52-41-18-6-33(7-19-41)29-49-37-14-26-45(27-15-37)54-43-22-10-35(47)11-23-43/h1-29H,30-31,46-47H2. The summed E-state index contributed by atoms with van der Waals surface area (Å²) in [6.45, 7) is 0.664. The van der Waals surface area contributed by atoms with Crippen LogP contribution in [0.1, 0.15) is 22.5 Å². The third-order valence-corrected chi connectivity index (χ3v) is 8.03. The van der Waals surface area contributed by atoms with E-state index in [9.17, 15) is 0 Å². The molecule has 6 aromatic carbocycles. The molecule has 1 aromatic heterocycles. The molecule has 0 unspecified atom stereocenters. The lowest BCUT2D eigenvalue weighted by Gasteiger charge is -2.09. The molecule has 4 N–H and O–H groups in total. The quantitative estimate of drug-likeness (QED) is 0.0849. The van der Waals surface area contributed by atoms with E-state index in [0.717, 1.165) is 68.4 Å². The topological polar surface area (TPSA) is 127 Å². The van der Waals surface area contributed by atoms with E-state index in [1.807, 2.05) is 152 Å². The van der Waals surface area contributed by atoms with Crippen LogP contribution in [-0.2, 0) is 13.2 Å². The van der Waals surface area contributed by atoms with Gasteiger partial charge in [0.1, 0.15) is 47.7 Å². The van der Waals surface area contributed by atoms with Crippen molar-refractivity contribution >= 4 is 35.2 Å². The summed E-state index contributed by atoms with van der Waals surface area (Å²) in [6, 6.07) is 51.1. The molecule has 0 bridgehead atoms. The number of ether oxygens (including phenoxy) is 4. The van der Waals surface area contributed by atoms with E-state index in [1.165, 1.54) is 0 Å². The first kappa shape index (κ1) is 35.0. The van der Waals surface area contributed by atoms with Gasteiger partial charge >= 0.3 is 0 Å². The Morgan fingerprint density at radius 2 is 0.741 bits per heavy atom. The predicted molar refractivity (Wildman–Crippen MR) is 215 cm³/mol. The van der Waals surface area contributed by atoms with Gasteiger partial charge < -0.3 is 30.4 Å². The minimum Gasteiger partial charge on any atom is -0.487 e. The van der Waals surface area contributed by atoms with Gasteiger partial charge in [0.2, 0.25) is 0 Å². The number of rotatable bonds is 14. The van der Waals surface area contributed by atoms with Crippen molar-refractivity contribution in [3.63, 3.8) is 0 Å². The number of hydrogen-bond acceptors (Lipinski definition) is 9. The van der Waals surface area contributed by atoms with Gasteiger partial charge in [0.25, 0.3) is 0 Å². The number of anilines is 2. The van der Waals surface area contributed by atoms with Crippen molar-refractivity contribution in [3.05, 3.63) is 186 Å². The maximum Gasteiger partial charge on any atom is 0.130 e. The van der Waals surface area contributed by atoms with Crippen LogP contribution in [0, 0.1) is 0 Å². The first-order valence-corrected chi connectivity index (χ1v) is 17.2. The number of pyridine rings is 1. The molecule has 9 nitrogen and oxygen atoms in total. The van der Waals surface area contributed by atoms with Crippen LogP contribution in [0.2, 0.25) is 0 Å². The molecule has 0 saturated heterocycles. The molecule has 7 rings (SSSR count). The monoisotopic (exact) mass is 711 g/mol. The summed E-state index contributed by atoms with van der Waals surface area (Å²) in [5, 5.41) is 0. The molecular formula is C45H37N5O4. The minimum absolute atomic E-state index is 0.332. The molecule has 0 aliphatic carbocycles. The molecule has 0 aliphatic heterocycles. The van der Waals surface area contributed by atoms with Gasteiger partial charge in [0, 0.05) is 23.8 Å². The lowest BCUT2D eigenvalue weighted by atomic mass is 10.2. The van der Waals surface area contributed by atoms with Crippen LogP contribution in [0.4, 0.5) is 22.7 Å². The fraction of sp³-hybridized carbons (Fsp3) is 0.0444. The van der Waals surface area contributed by atoms with Crippen LogP contribution in [-0.4, -0.2) is 17.4 Å². The molecule has 0 saturated carbocycles. The van der Waals surface area contributed by atoms with Gasteiger partial charge in [-0.05, 0) is 169 Å². The highest BCUT2D eigenvalue weighted by atomic mass is 16.5. The normalized spacial score (nSPS) is 11.1. The lowest BCUT2D eigenvalue weighted by Crippen LogP contribution is -2.03. The summed E-state index contributed by atoms with van der Waals surface area (Å²) in [5.74, 6) is 4.38. The molecule has 0 fully saturated rings. The van der Waals surface area contributed by atoms with Gasteiger partial charge in [-0.2, -0.15) is 0 Å². The zero-order valence-electron chi connectivity index (χ0n) is 29.3. The molecule has 9 heteroatoms. The number of aliphatic imine (C=N–C) groups is 2. The molecule has 266 valence electrons. The highest BCUT2D eigenvalue weighted by molar-refractivity contribution is 5.82. The van der Waals surface area contributed by atoms with E-state index in [-0.39, 0.29) is 0 Å². The Morgan fingerprint density at radius 1 is 0.407 bits per heavy atom. The average molecular weight is 712 g/mol. The SMILES string of the molecule is Nc1ccc(Oc2ccc(N=Cc3ccc(OCc4cccc(COc5ccc(C=Nc6ccc(Oc7ccc(N)cc7)cc6)cc5)n4)cc3)cc2)cc1. The summed E-state index contributed by atoms with van der Waals surface area (Å²) >= 11 is 0. The average Bonchev–Trinajstić information content (AvgIpc) is 3.21. The van der Waals surface area contributed by atoms with Gasteiger partial charge in [-0.1, -0.05) is 6.07 Å². The molecule has 0 aliphatic rings. The fourth-order valence-corrected chi connectivity index (χ4v) is 5.15. The first-order valence-electron chi connectivity index (χ1n) is 17.2. The second kappa shape index (κ2) is 17.2. The molecule has 54 heavy (non-hydrogen) atoms. The van der Waals surface area contributed by atoms with Crippen molar-refractivity contribution < 1.29 is 18.9 Å². The Labute approximate surface area is 313 Å². The van der Waals surface area contributed by atoms with Gasteiger partial charge in [0.15, 0.2) is 0 Å². The zero-order chi connectivity index (χ0) is 37.0. The van der Waals surface area contributed by atoms with E-state index in [1.54, 1.807) is 24.3 Å². The third kappa shape index (κ3) is 10.3. The summed E-state index contributed by atoms with van der Waals surface area (Å²) in [4.78, 5) is 13.9. The largest absolute Gasteiger partial charge is 0.487 e. The van der Waals surface area contributed by atoms with Gasteiger partial charge in [-0.15, -0.1) is 0 Å². The summed E-state index contributed by atoms with van der Waals surface area (Å²) in [7, 11) is 0. The zero-order valence-corrected chi connectivity index (χ0v) is 29.3. The number of aromatic nitrogens is 1. The molecule has 0 radical (unpaired) electrons. The van der Waals surface area contributed by atoms with Gasteiger partial charge in [-0.25, -0.2) is 0 Å². The van der Waals surface area contributed by atoms with E-state index in [4.69, 9.17) is 35.4 Å². The van der Waals surface area contributed by atoms with Crippen LogP contribution in [0.25, 0.3) is 0 Å². The molecule has 0 amide bonds. The number of benzene rings is 6. The van der Waals surface area contributed by atoms with E-state index < -0.39 is 0 Å². The minimum atomic E-state index is 0.332. The summed E-state index contributed by atoms with van der Waals surface area (Å²) in [6.07, 6.45) is 3.62. The second-order valence-electron chi connectivity index (χ2n) is 12.2. The van der Waals surface area contributed by atoms with Crippen molar-refractivity contribution in [2.45, 2.75) is 13.2 Å². The van der Waals surface area contributed by atoms with Crippen LogP contribution >= 0.6 is 0 Å². The third-order valence-electron chi connectivity index (χ3n) is 8.03. The van der Waals surface area contributed by atoms with E-state index >= 15 is 0 Å². The number of nitrogens with two attached hydrogens (primary N) is 2. The lowest BCUT2D eigenvalue weighted by molar-refractivity contribution is 0.290. The molecule has 0 spiro atoms. The van der Waals surface area contributed by atoms with Crippen molar-refractivity contribution in [2.75, 3.05) is 11.5 Å². The smallest absolute Gasteiger partial charge is 0.130 e. The number of nitrogens with zero attached hydrogens (tertiary/aromatic N) is 3. The van der Waals surface area contributed by atoms with Gasteiger partial charge in [0.05, 0.1) is 22.8 Å². The van der Waals surface area contributed by atoms with E-state index in [2.05, 4.69) is 9.98 Å². The van der Waals surface area contributed by atoms with Crippen LogP contribution < -0.4 is 30.4 Å². The van der Waals surface area contributed by atoms with Crippen molar-refractivity contribution in [3.8, 4) is 34.5 Å². The Balaban J connectivity index is 0.843. The predicted octanol–water partition coefficient (Wildman–Crippen LogP) is 10.5. The Hall–Kier alpha value is -7.39. The van der Waals surface area contributed by atoms with Crippen molar-refractivity contribution in [1.29, 1.82) is 0 Å². The number of nitrogen functional groups attached to an aromatic ring is 2. The second-order valence-corrected chi connectivity index (χ2v) is 12.2. The van der Waals surface area contributed by atoms with E-state index in [0.29, 0.717) is 24.6 Å². The summed E-state index contributed by atoms with van der Waals surface area (Å²) < 4.78 is 23.7. The fourth-order valence-electron chi connectivity index (χ4n) is 5.15.